The van der Waals surface area contributed by atoms with Gasteiger partial charge in [-0.3, -0.25) is 0 Å². The smallest absolute Gasteiger partial charge is 0.0749 e. The molecule has 0 aromatic rings. The summed E-state index contributed by atoms with van der Waals surface area (Å²) >= 11 is 0. The van der Waals surface area contributed by atoms with Gasteiger partial charge >= 0.3 is 0 Å². The van der Waals surface area contributed by atoms with Gasteiger partial charge in [0.1, 0.15) is 0 Å². The van der Waals surface area contributed by atoms with Crippen LogP contribution in [0.1, 0.15) is 0 Å². The van der Waals surface area contributed by atoms with Gasteiger partial charge in [-0.1, -0.05) is 0 Å². The number of hydrogen-bond acceptors (Lipinski definition) is 3. The van der Waals surface area contributed by atoms with Crippen LogP contribution in [-0.4, -0.2) is 25.9 Å². The Morgan fingerprint density at radius 1 is 1.25 bits per heavy atom. The lowest BCUT2D eigenvalue weighted by Crippen LogP contribution is -2.24. The monoisotopic (exact) mass is 115 g/mol. The van der Waals surface area contributed by atoms with Crippen molar-refractivity contribution in [1.29, 1.82) is 0 Å². The molecule has 0 bridgehead atoms. The largest absolute Gasteiger partial charge is 0.379 e. The Bertz CT molecular complexity index is 76.4. The first-order valence-electron chi connectivity index (χ1n) is 2.92. The zero-order chi connectivity index (χ0) is 5.40. The summed E-state index contributed by atoms with van der Waals surface area (Å²) < 4.78 is 5.17. The van der Waals surface area contributed by atoms with Crippen molar-refractivity contribution in [3.8, 4) is 0 Å². The highest BCUT2D eigenvalue weighted by Crippen LogP contribution is 2.17. The maximum atomic E-state index is 5.17. The Morgan fingerprint density at radius 3 is 3.12 bits per heavy atom. The Morgan fingerprint density at radius 2 is 2.25 bits per heavy atom. The molecular formula is C5H9NO2. The summed E-state index contributed by atoms with van der Waals surface area (Å²) in [6.07, 6.45) is 0. The number of hydroxylamine groups is 1. The van der Waals surface area contributed by atoms with E-state index >= 15 is 0 Å². The van der Waals surface area contributed by atoms with Gasteiger partial charge in [-0.2, -0.15) is 5.48 Å². The summed E-state index contributed by atoms with van der Waals surface area (Å²) in [5.74, 6) is 0.620. The Kier molecular flexibility index (Phi) is 0.997. The van der Waals surface area contributed by atoms with Gasteiger partial charge in [-0.05, 0) is 0 Å². The molecule has 2 atom stereocenters. The minimum Gasteiger partial charge on any atom is -0.379 e. The Labute approximate surface area is 47.9 Å². The second kappa shape index (κ2) is 1.69. The summed E-state index contributed by atoms with van der Waals surface area (Å²) in [5, 5.41) is 0. The quantitative estimate of drug-likeness (QED) is 0.463. The molecule has 1 N–H and O–H groups in total. The van der Waals surface area contributed by atoms with E-state index in [4.69, 9.17) is 9.57 Å². The lowest BCUT2D eigenvalue weighted by atomic mass is 10.1. The van der Waals surface area contributed by atoms with Gasteiger partial charge in [0.2, 0.25) is 0 Å². The van der Waals surface area contributed by atoms with E-state index in [0.717, 1.165) is 19.8 Å². The number of nitrogens with one attached hydrogen (secondary N) is 1. The van der Waals surface area contributed by atoms with Crippen molar-refractivity contribution in [2.24, 2.45) is 5.92 Å². The predicted octanol–water partition coefficient (Wildman–Crippen LogP) is -0.464. The molecule has 0 saturated carbocycles. The van der Waals surface area contributed by atoms with Crippen molar-refractivity contribution in [1.82, 2.24) is 5.48 Å². The van der Waals surface area contributed by atoms with E-state index in [1.54, 1.807) is 0 Å². The van der Waals surface area contributed by atoms with E-state index in [0.29, 0.717) is 12.0 Å². The van der Waals surface area contributed by atoms with Gasteiger partial charge < -0.3 is 9.57 Å². The first-order chi connectivity index (χ1) is 3.97. The predicted molar refractivity (Wildman–Crippen MR) is 27.2 cm³/mol. The molecule has 46 valence electrons. The third-order valence-electron chi connectivity index (χ3n) is 1.73. The maximum Gasteiger partial charge on any atom is 0.0749 e. The van der Waals surface area contributed by atoms with E-state index in [1.807, 2.05) is 0 Å². The van der Waals surface area contributed by atoms with Crippen molar-refractivity contribution in [3.05, 3.63) is 0 Å². The molecule has 0 aromatic carbocycles. The fraction of sp³-hybridized carbons (Fsp3) is 1.00. The fourth-order valence-electron chi connectivity index (χ4n) is 1.16. The molecule has 2 saturated heterocycles. The summed E-state index contributed by atoms with van der Waals surface area (Å²) in [7, 11) is 0. The molecule has 2 rings (SSSR count). The molecular weight excluding hydrogens is 106 g/mol. The molecule has 0 aromatic heterocycles. The van der Waals surface area contributed by atoms with Crippen LogP contribution >= 0.6 is 0 Å². The van der Waals surface area contributed by atoms with Gasteiger partial charge in [-0.15, -0.1) is 0 Å². The zero-order valence-corrected chi connectivity index (χ0v) is 4.59. The van der Waals surface area contributed by atoms with Crippen LogP contribution in [0.4, 0.5) is 0 Å². The molecule has 0 aliphatic carbocycles. The van der Waals surface area contributed by atoms with Crippen LogP contribution in [0.25, 0.3) is 0 Å². The molecule has 0 amide bonds. The van der Waals surface area contributed by atoms with Gasteiger partial charge in [0, 0.05) is 5.92 Å². The van der Waals surface area contributed by atoms with Gasteiger partial charge in [0.25, 0.3) is 0 Å². The first-order valence-corrected chi connectivity index (χ1v) is 2.92. The third-order valence-corrected chi connectivity index (χ3v) is 1.73. The lowest BCUT2D eigenvalue weighted by Gasteiger charge is -1.98. The third kappa shape index (κ3) is 0.555. The number of ether oxygens (including phenoxy) is 1. The van der Waals surface area contributed by atoms with Crippen LogP contribution in [0.15, 0.2) is 0 Å². The van der Waals surface area contributed by atoms with Crippen LogP contribution < -0.4 is 5.48 Å². The molecule has 2 heterocycles. The minimum absolute atomic E-state index is 0.481. The summed E-state index contributed by atoms with van der Waals surface area (Å²) in [6, 6.07) is 0.481. The number of fused-ring (bicyclic) bond motifs is 1. The number of rotatable bonds is 0. The van der Waals surface area contributed by atoms with Gasteiger partial charge in [0.05, 0.1) is 25.9 Å². The van der Waals surface area contributed by atoms with Crippen LogP contribution in [0.3, 0.4) is 0 Å². The SMILES string of the molecule is C1OCC2NOCC12. The minimum atomic E-state index is 0.481. The first kappa shape index (κ1) is 4.73. The van der Waals surface area contributed by atoms with Gasteiger partial charge in [0.15, 0.2) is 0 Å². The normalized spacial score (nSPS) is 45.0. The zero-order valence-electron chi connectivity index (χ0n) is 4.59. The standard InChI is InChI=1S/C5H9NO2/c1-4-2-8-6-5(4)3-7-1/h4-6H,1-3H2. The second-order valence-electron chi connectivity index (χ2n) is 2.33. The number of hydrogen-bond donors (Lipinski definition) is 1. The van der Waals surface area contributed by atoms with E-state index < -0.39 is 0 Å². The van der Waals surface area contributed by atoms with E-state index in [1.165, 1.54) is 0 Å². The molecule has 2 fully saturated rings. The van der Waals surface area contributed by atoms with E-state index in [-0.39, 0.29) is 0 Å². The van der Waals surface area contributed by atoms with E-state index in [2.05, 4.69) is 5.48 Å². The summed E-state index contributed by atoms with van der Waals surface area (Å²) in [5.41, 5.74) is 2.89. The van der Waals surface area contributed by atoms with Crippen molar-refractivity contribution in [2.75, 3.05) is 19.8 Å². The molecule has 2 unspecified atom stereocenters. The molecule has 8 heavy (non-hydrogen) atoms. The lowest BCUT2D eigenvalue weighted by molar-refractivity contribution is 0.0492. The summed E-state index contributed by atoms with van der Waals surface area (Å²) in [4.78, 5) is 4.98. The molecule has 0 radical (unpaired) electrons. The van der Waals surface area contributed by atoms with Crippen molar-refractivity contribution >= 4 is 0 Å². The van der Waals surface area contributed by atoms with Crippen molar-refractivity contribution < 1.29 is 9.57 Å². The fourth-order valence-corrected chi connectivity index (χ4v) is 1.16. The Balaban J connectivity index is 2.04. The molecule has 2 aliphatic heterocycles. The Hall–Kier alpha value is -0.120. The topological polar surface area (TPSA) is 30.5 Å². The van der Waals surface area contributed by atoms with Crippen LogP contribution in [-0.2, 0) is 9.57 Å². The van der Waals surface area contributed by atoms with Crippen LogP contribution in [0.5, 0.6) is 0 Å². The second-order valence-corrected chi connectivity index (χ2v) is 2.33. The molecule has 3 heteroatoms. The highest BCUT2D eigenvalue weighted by Gasteiger charge is 2.33. The van der Waals surface area contributed by atoms with Crippen LogP contribution in [0.2, 0.25) is 0 Å². The maximum absolute atomic E-state index is 5.17. The highest BCUT2D eigenvalue weighted by atomic mass is 16.7. The average molecular weight is 115 g/mol. The van der Waals surface area contributed by atoms with Crippen molar-refractivity contribution in [2.45, 2.75) is 6.04 Å². The molecule has 2 aliphatic rings. The highest BCUT2D eigenvalue weighted by molar-refractivity contribution is 4.81. The summed E-state index contributed by atoms with van der Waals surface area (Å²) in [6.45, 7) is 2.52. The van der Waals surface area contributed by atoms with E-state index in [9.17, 15) is 0 Å². The van der Waals surface area contributed by atoms with Gasteiger partial charge in [-0.25, -0.2) is 0 Å². The van der Waals surface area contributed by atoms with Crippen molar-refractivity contribution in [3.63, 3.8) is 0 Å². The molecule has 3 nitrogen and oxygen atoms in total. The van der Waals surface area contributed by atoms with Crippen LogP contribution in [0, 0.1) is 5.92 Å². The average Bonchev–Trinajstić information content (AvgIpc) is 2.15. The molecule has 0 spiro atoms.